The molecule has 4 nitrogen and oxygen atoms in total. The van der Waals surface area contributed by atoms with Gasteiger partial charge in [0.15, 0.2) is 0 Å². The third kappa shape index (κ3) is 3.78. The Kier molecular flexibility index (Phi) is 4.56. The van der Waals surface area contributed by atoms with Crippen molar-refractivity contribution in [2.24, 2.45) is 5.73 Å². The number of nitrogens with zero attached hydrogens (tertiary/aromatic N) is 1. The fourth-order valence-corrected chi connectivity index (χ4v) is 2.12. The van der Waals surface area contributed by atoms with Crippen molar-refractivity contribution in [3.63, 3.8) is 0 Å². The molecule has 1 saturated carbocycles. The van der Waals surface area contributed by atoms with Crippen LogP contribution in [0.3, 0.4) is 0 Å². The molecule has 0 spiro atoms. The molecule has 19 heavy (non-hydrogen) atoms. The Bertz CT molecular complexity index is 426. The lowest BCUT2D eigenvalue weighted by Crippen LogP contribution is -2.41. The molecule has 3 N–H and O–H groups in total. The Morgan fingerprint density at radius 2 is 2.05 bits per heavy atom. The lowest BCUT2D eigenvalue weighted by molar-refractivity contribution is 0.0939. The van der Waals surface area contributed by atoms with E-state index in [0.29, 0.717) is 24.7 Å². The van der Waals surface area contributed by atoms with Crippen molar-refractivity contribution in [2.75, 3.05) is 13.6 Å². The van der Waals surface area contributed by atoms with Crippen LogP contribution in [0.2, 0.25) is 0 Å². The summed E-state index contributed by atoms with van der Waals surface area (Å²) in [6.45, 7) is 3.34. The van der Waals surface area contributed by atoms with Gasteiger partial charge in [0, 0.05) is 30.7 Å². The van der Waals surface area contributed by atoms with Crippen LogP contribution in [0.4, 0.5) is 0 Å². The first-order valence-corrected chi connectivity index (χ1v) is 6.91. The summed E-state index contributed by atoms with van der Waals surface area (Å²) in [5, 5.41) is 2.99. The Hall–Kier alpha value is -1.39. The predicted octanol–water partition coefficient (Wildman–Crippen LogP) is 1.36. The van der Waals surface area contributed by atoms with Crippen LogP contribution in [-0.2, 0) is 6.54 Å². The second kappa shape index (κ2) is 6.17. The maximum Gasteiger partial charge on any atom is 0.251 e. The molecule has 0 bridgehead atoms. The minimum absolute atomic E-state index is 0.0142. The van der Waals surface area contributed by atoms with E-state index >= 15 is 0 Å². The van der Waals surface area contributed by atoms with Gasteiger partial charge in [0.1, 0.15) is 0 Å². The number of carbonyl (C=O) groups excluding carboxylic acids is 1. The highest BCUT2D eigenvalue weighted by atomic mass is 16.1. The number of hydrogen-bond acceptors (Lipinski definition) is 3. The molecule has 2 rings (SSSR count). The Morgan fingerprint density at radius 3 is 2.58 bits per heavy atom. The van der Waals surface area contributed by atoms with E-state index in [1.807, 2.05) is 24.3 Å². The molecular weight excluding hydrogens is 238 g/mol. The number of likely N-dealkylation sites (N-methyl/N-ethyl adjacent to an activating group) is 1. The van der Waals surface area contributed by atoms with Crippen molar-refractivity contribution < 1.29 is 4.79 Å². The van der Waals surface area contributed by atoms with E-state index in [-0.39, 0.29) is 5.91 Å². The van der Waals surface area contributed by atoms with Crippen molar-refractivity contribution >= 4 is 5.91 Å². The molecule has 1 unspecified atom stereocenters. The van der Waals surface area contributed by atoms with E-state index in [1.165, 1.54) is 12.8 Å². The quantitative estimate of drug-likeness (QED) is 0.813. The van der Waals surface area contributed by atoms with Gasteiger partial charge in [-0.05, 0) is 44.5 Å². The standard InChI is InChI=1S/C15H23N3O/c1-11(18(2)14-7-8-14)10-17-15(19)13-5-3-12(9-16)4-6-13/h3-6,11,14H,7-10,16H2,1-2H3,(H,17,19). The second-order valence-corrected chi connectivity index (χ2v) is 5.36. The summed E-state index contributed by atoms with van der Waals surface area (Å²) in [6.07, 6.45) is 2.57. The van der Waals surface area contributed by atoms with Crippen molar-refractivity contribution in [3.8, 4) is 0 Å². The van der Waals surface area contributed by atoms with E-state index in [4.69, 9.17) is 5.73 Å². The van der Waals surface area contributed by atoms with Crippen molar-refractivity contribution in [2.45, 2.75) is 38.4 Å². The number of benzene rings is 1. The van der Waals surface area contributed by atoms with Gasteiger partial charge in [0.05, 0.1) is 0 Å². The van der Waals surface area contributed by atoms with E-state index in [9.17, 15) is 4.79 Å². The normalized spacial score (nSPS) is 16.4. The van der Waals surface area contributed by atoms with Gasteiger partial charge >= 0.3 is 0 Å². The predicted molar refractivity (Wildman–Crippen MR) is 76.9 cm³/mol. The Morgan fingerprint density at radius 1 is 1.42 bits per heavy atom. The van der Waals surface area contributed by atoms with Gasteiger partial charge in [-0.1, -0.05) is 12.1 Å². The molecule has 1 aliphatic rings. The topological polar surface area (TPSA) is 58.4 Å². The SMILES string of the molecule is CC(CNC(=O)c1ccc(CN)cc1)N(C)C1CC1. The number of carbonyl (C=O) groups is 1. The van der Waals surface area contributed by atoms with Crippen LogP contribution in [0.15, 0.2) is 24.3 Å². The van der Waals surface area contributed by atoms with Crippen LogP contribution in [0.25, 0.3) is 0 Å². The fraction of sp³-hybridized carbons (Fsp3) is 0.533. The summed E-state index contributed by atoms with van der Waals surface area (Å²) in [4.78, 5) is 14.3. The average molecular weight is 261 g/mol. The zero-order chi connectivity index (χ0) is 13.8. The fourth-order valence-electron chi connectivity index (χ4n) is 2.12. The first kappa shape index (κ1) is 14.0. The number of hydrogen-bond donors (Lipinski definition) is 2. The molecule has 104 valence electrons. The highest BCUT2D eigenvalue weighted by Gasteiger charge is 2.29. The molecule has 0 aliphatic heterocycles. The minimum atomic E-state index is -0.0142. The number of amides is 1. The first-order valence-electron chi connectivity index (χ1n) is 6.91. The van der Waals surface area contributed by atoms with E-state index in [1.54, 1.807) is 0 Å². The highest BCUT2D eigenvalue weighted by molar-refractivity contribution is 5.94. The molecule has 0 aromatic heterocycles. The van der Waals surface area contributed by atoms with Crippen molar-refractivity contribution in [1.29, 1.82) is 0 Å². The van der Waals surface area contributed by atoms with Gasteiger partial charge in [0.2, 0.25) is 0 Å². The third-order valence-electron chi connectivity index (χ3n) is 3.83. The summed E-state index contributed by atoms with van der Waals surface area (Å²) in [5.41, 5.74) is 7.27. The maximum absolute atomic E-state index is 12.0. The van der Waals surface area contributed by atoms with E-state index in [0.717, 1.165) is 11.6 Å². The summed E-state index contributed by atoms with van der Waals surface area (Å²) in [5.74, 6) is -0.0142. The molecule has 1 aromatic carbocycles. The van der Waals surface area contributed by atoms with Crippen molar-refractivity contribution in [3.05, 3.63) is 35.4 Å². The van der Waals surface area contributed by atoms with Crippen LogP contribution in [0, 0.1) is 0 Å². The van der Waals surface area contributed by atoms with E-state index in [2.05, 4.69) is 24.2 Å². The zero-order valence-corrected chi connectivity index (χ0v) is 11.7. The van der Waals surface area contributed by atoms with Crippen LogP contribution >= 0.6 is 0 Å². The molecule has 1 aromatic rings. The van der Waals surface area contributed by atoms with Crippen LogP contribution in [0.1, 0.15) is 35.7 Å². The molecule has 1 amide bonds. The highest BCUT2D eigenvalue weighted by Crippen LogP contribution is 2.26. The Labute approximate surface area is 115 Å². The van der Waals surface area contributed by atoms with Gasteiger partial charge < -0.3 is 11.1 Å². The molecule has 1 atom stereocenters. The first-order chi connectivity index (χ1) is 9.11. The summed E-state index contributed by atoms with van der Waals surface area (Å²) >= 11 is 0. The molecule has 0 saturated heterocycles. The monoisotopic (exact) mass is 261 g/mol. The molecule has 0 radical (unpaired) electrons. The molecular formula is C15H23N3O. The molecule has 0 heterocycles. The van der Waals surface area contributed by atoms with Gasteiger partial charge in [-0.25, -0.2) is 0 Å². The summed E-state index contributed by atoms with van der Waals surface area (Å²) in [7, 11) is 2.13. The number of nitrogens with two attached hydrogens (primary N) is 1. The Balaban J connectivity index is 1.82. The second-order valence-electron chi connectivity index (χ2n) is 5.36. The molecule has 1 fully saturated rings. The third-order valence-corrected chi connectivity index (χ3v) is 3.83. The van der Waals surface area contributed by atoms with Crippen LogP contribution in [0.5, 0.6) is 0 Å². The summed E-state index contributed by atoms with van der Waals surface area (Å²) < 4.78 is 0. The zero-order valence-electron chi connectivity index (χ0n) is 11.7. The van der Waals surface area contributed by atoms with Gasteiger partial charge in [-0.15, -0.1) is 0 Å². The average Bonchev–Trinajstić information content (AvgIpc) is 3.28. The number of rotatable bonds is 6. The minimum Gasteiger partial charge on any atom is -0.350 e. The van der Waals surface area contributed by atoms with Crippen LogP contribution in [-0.4, -0.2) is 36.5 Å². The van der Waals surface area contributed by atoms with Gasteiger partial charge in [-0.3, -0.25) is 9.69 Å². The molecule has 4 heteroatoms. The van der Waals surface area contributed by atoms with Gasteiger partial charge in [0.25, 0.3) is 5.91 Å². The van der Waals surface area contributed by atoms with Gasteiger partial charge in [-0.2, -0.15) is 0 Å². The summed E-state index contributed by atoms with van der Waals surface area (Å²) in [6, 6.07) is 8.54. The van der Waals surface area contributed by atoms with E-state index < -0.39 is 0 Å². The lowest BCUT2D eigenvalue weighted by atomic mass is 10.1. The van der Waals surface area contributed by atoms with Crippen molar-refractivity contribution in [1.82, 2.24) is 10.2 Å². The smallest absolute Gasteiger partial charge is 0.251 e. The largest absolute Gasteiger partial charge is 0.350 e. The maximum atomic E-state index is 12.0. The lowest BCUT2D eigenvalue weighted by Gasteiger charge is -2.24. The molecule has 1 aliphatic carbocycles. The number of nitrogens with one attached hydrogen (secondary N) is 1. The van der Waals surface area contributed by atoms with Crippen LogP contribution < -0.4 is 11.1 Å².